The van der Waals surface area contributed by atoms with Crippen molar-refractivity contribution in [2.24, 2.45) is 5.92 Å². The van der Waals surface area contributed by atoms with E-state index in [0.717, 1.165) is 27.9 Å². The van der Waals surface area contributed by atoms with Crippen LogP contribution in [0.2, 0.25) is 0 Å². The topological polar surface area (TPSA) is 66.5 Å². The van der Waals surface area contributed by atoms with E-state index in [9.17, 15) is 13.2 Å². The quantitative estimate of drug-likeness (QED) is 0.830. The zero-order valence-corrected chi connectivity index (χ0v) is 17.6. The largest absolute Gasteiger partial charge is 0.326 e. The maximum Gasteiger partial charge on any atom is 0.227 e. The average Bonchev–Trinajstić information content (AvgIpc) is 2.66. The van der Waals surface area contributed by atoms with E-state index in [-0.39, 0.29) is 17.6 Å². The normalized spacial score (nSPS) is 16.1. The molecular weight excluding hydrogens is 372 g/mol. The molecule has 1 aliphatic heterocycles. The zero-order chi connectivity index (χ0) is 20.3. The number of nitrogens with zero attached hydrogens (tertiary/aromatic N) is 1. The molecule has 1 heterocycles. The van der Waals surface area contributed by atoms with Gasteiger partial charge in [-0.1, -0.05) is 36.4 Å². The lowest BCUT2D eigenvalue weighted by Crippen LogP contribution is -2.42. The highest BCUT2D eigenvalue weighted by atomic mass is 32.2. The van der Waals surface area contributed by atoms with Crippen molar-refractivity contribution >= 4 is 21.6 Å². The van der Waals surface area contributed by atoms with Crippen molar-refractivity contribution in [3.05, 3.63) is 64.7 Å². The third kappa shape index (κ3) is 4.80. The Hall–Kier alpha value is -2.18. The third-order valence-electron chi connectivity index (χ3n) is 5.47. The molecule has 2 aromatic rings. The maximum atomic E-state index is 12.8. The lowest BCUT2D eigenvalue weighted by Gasteiger charge is -2.30. The van der Waals surface area contributed by atoms with Crippen molar-refractivity contribution in [3.8, 4) is 0 Å². The van der Waals surface area contributed by atoms with Gasteiger partial charge in [0.2, 0.25) is 15.9 Å². The lowest BCUT2D eigenvalue weighted by molar-refractivity contribution is -0.120. The molecule has 28 heavy (non-hydrogen) atoms. The Morgan fingerprint density at radius 2 is 1.71 bits per heavy atom. The summed E-state index contributed by atoms with van der Waals surface area (Å²) in [6, 6.07) is 13.5. The van der Waals surface area contributed by atoms with Crippen LogP contribution in [0.3, 0.4) is 0 Å². The fourth-order valence-corrected chi connectivity index (χ4v) is 5.23. The Balaban J connectivity index is 1.60. The molecule has 0 spiro atoms. The van der Waals surface area contributed by atoms with Crippen molar-refractivity contribution < 1.29 is 13.2 Å². The molecule has 0 aliphatic carbocycles. The second-order valence-corrected chi connectivity index (χ2v) is 9.63. The molecule has 5 nitrogen and oxygen atoms in total. The van der Waals surface area contributed by atoms with Crippen molar-refractivity contribution in [2.75, 3.05) is 18.4 Å². The molecule has 0 unspecified atom stereocenters. The molecule has 1 aliphatic rings. The minimum absolute atomic E-state index is 0.0129. The minimum Gasteiger partial charge on any atom is -0.326 e. The summed E-state index contributed by atoms with van der Waals surface area (Å²) in [6.45, 7) is 6.66. The van der Waals surface area contributed by atoms with Gasteiger partial charge in [0.1, 0.15) is 0 Å². The predicted molar refractivity (Wildman–Crippen MR) is 113 cm³/mol. The van der Waals surface area contributed by atoms with Gasteiger partial charge in [0.05, 0.1) is 5.75 Å². The second kappa shape index (κ2) is 8.45. The van der Waals surface area contributed by atoms with Crippen LogP contribution in [0.25, 0.3) is 0 Å². The number of amides is 1. The van der Waals surface area contributed by atoms with Crippen LogP contribution in [0, 0.1) is 26.7 Å². The van der Waals surface area contributed by atoms with Crippen LogP contribution < -0.4 is 5.32 Å². The summed E-state index contributed by atoms with van der Waals surface area (Å²) in [6.07, 6.45) is 1.09. The molecule has 0 aromatic heterocycles. The molecule has 0 atom stereocenters. The molecule has 0 bridgehead atoms. The summed E-state index contributed by atoms with van der Waals surface area (Å²) in [7, 11) is -3.38. The number of nitrogens with one attached hydrogen (secondary N) is 1. The molecule has 2 aromatic carbocycles. The van der Waals surface area contributed by atoms with E-state index in [2.05, 4.69) is 5.32 Å². The Morgan fingerprint density at radius 3 is 2.39 bits per heavy atom. The van der Waals surface area contributed by atoms with Gasteiger partial charge in [-0.15, -0.1) is 0 Å². The molecular formula is C22H28N2O3S. The fraction of sp³-hybridized carbons (Fsp3) is 0.409. The van der Waals surface area contributed by atoms with E-state index in [1.165, 1.54) is 4.31 Å². The smallest absolute Gasteiger partial charge is 0.227 e. The molecule has 1 N–H and O–H groups in total. The van der Waals surface area contributed by atoms with Gasteiger partial charge >= 0.3 is 0 Å². The number of carbonyl (C=O) groups excluding carboxylic acids is 1. The molecule has 6 heteroatoms. The summed E-state index contributed by atoms with van der Waals surface area (Å²) in [5, 5.41) is 3.01. The standard InChI is InChI=1S/C22H28N2O3S/c1-16-8-9-18(3)21(14-16)23-22(25)19-10-12-24(13-11-19)28(26,27)15-20-7-5-4-6-17(20)2/h4-9,14,19H,10-13,15H2,1-3H3,(H,23,25). The van der Waals surface area contributed by atoms with Crippen LogP contribution >= 0.6 is 0 Å². The summed E-state index contributed by atoms with van der Waals surface area (Å²) >= 11 is 0. The van der Waals surface area contributed by atoms with Crippen LogP contribution in [0.1, 0.15) is 35.1 Å². The Morgan fingerprint density at radius 1 is 1.04 bits per heavy atom. The number of benzene rings is 2. The second-order valence-electron chi connectivity index (χ2n) is 7.66. The SMILES string of the molecule is Cc1ccc(C)c(NC(=O)C2CCN(S(=O)(=O)Cc3ccccc3C)CC2)c1. The van der Waals surface area contributed by atoms with Gasteiger partial charge in [-0.3, -0.25) is 4.79 Å². The number of rotatable bonds is 5. The summed E-state index contributed by atoms with van der Waals surface area (Å²) in [4.78, 5) is 12.6. The highest BCUT2D eigenvalue weighted by Crippen LogP contribution is 2.25. The van der Waals surface area contributed by atoms with Crippen LogP contribution in [0.5, 0.6) is 0 Å². The van der Waals surface area contributed by atoms with Crippen molar-refractivity contribution in [2.45, 2.75) is 39.4 Å². The van der Waals surface area contributed by atoms with Gasteiger partial charge in [0.25, 0.3) is 0 Å². The van der Waals surface area contributed by atoms with Crippen LogP contribution in [-0.4, -0.2) is 31.7 Å². The Kier molecular flexibility index (Phi) is 6.20. The van der Waals surface area contributed by atoms with Gasteiger partial charge < -0.3 is 5.32 Å². The van der Waals surface area contributed by atoms with Crippen LogP contribution in [0.4, 0.5) is 5.69 Å². The van der Waals surface area contributed by atoms with Gasteiger partial charge in [-0.25, -0.2) is 12.7 Å². The zero-order valence-electron chi connectivity index (χ0n) is 16.7. The molecule has 150 valence electrons. The predicted octanol–water partition coefficient (Wildman–Crippen LogP) is 3.79. The maximum absolute atomic E-state index is 12.8. The molecule has 1 amide bonds. The first kappa shape index (κ1) is 20.6. The van der Waals surface area contributed by atoms with E-state index in [1.54, 1.807) is 0 Å². The average molecular weight is 401 g/mol. The molecule has 0 radical (unpaired) electrons. The first-order valence-electron chi connectivity index (χ1n) is 9.67. The van der Waals surface area contributed by atoms with Crippen LogP contribution in [0.15, 0.2) is 42.5 Å². The first-order valence-corrected chi connectivity index (χ1v) is 11.3. The number of carbonyl (C=O) groups is 1. The fourth-order valence-electron chi connectivity index (χ4n) is 3.56. The molecule has 0 saturated carbocycles. The Labute approximate surface area is 167 Å². The molecule has 3 rings (SSSR count). The van der Waals surface area contributed by atoms with Gasteiger partial charge in [-0.05, 0) is 61.9 Å². The van der Waals surface area contributed by atoms with Gasteiger partial charge in [-0.2, -0.15) is 0 Å². The van der Waals surface area contributed by atoms with E-state index < -0.39 is 10.0 Å². The van der Waals surface area contributed by atoms with E-state index in [1.807, 2.05) is 63.2 Å². The number of hydrogen-bond donors (Lipinski definition) is 1. The lowest BCUT2D eigenvalue weighted by atomic mass is 9.97. The van der Waals surface area contributed by atoms with Crippen LogP contribution in [-0.2, 0) is 20.6 Å². The minimum atomic E-state index is -3.38. The van der Waals surface area contributed by atoms with Gasteiger partial charge in [0, 0.05) is 24.7 Å². The molecule has 1 saturated heterocycles. The highest BCUT2D eigenvalue weighted by Gasteiger charge is 2.31. The summed E-state index contributed by atoms with van der Waals surface area (Å²) in [5.74, 6) is -0.173. The van der Waals surface area contributed by atoms with E-state index >= 15 is 0 Å². The number of anilines is 1. The number of piperidine rings is 1. The van der Waals surface area contributed by atoms with Gasteiger partial charge in [0.15, 0.2) is 0 Å². The van der Waals surface area contributed by atoms with Crippen molar-refractivity contribution in [1.82, 2.24) is 4.31 Å². The third-order valence-corrected chi connectivity index (χ3v) is 7.30. The van der Waals surface area contributed by atoms with E-state index in [4.69, 9.17) is 0 Å². The van der Waals surface area contributed by atoms with E-state index in [0.29, 0.717) is 25.9 Å². The van der Waals surface area contributed by atoms with Crippen molar-refractivity contribution in [1.29, 1.82) is 0 Å². The highest BCUT2D eigenvalue weighted by molar-refractivity contribution is 7.88. The number of sulfonamides is 1. The summed E-state index contributed by atoms with van der Waals surface area (Å²) in [5.41, 5.74) is 4.76. The molecule has 1 fully saturated rings. The Bertz CT molecular complexity index is 961. The summed E-state index contributed by atoms with van der Waals surface area (Å²) < 4.78 is 27.1. The number of aryl methyl sites for hydroxylation is 3. The number of hydrogen-bond acceptors (Lipinski definition) is 3. The van der Waals surface area contributed by atoms with Crippen molar-refractivity contribution in [3.63, 3.8) is 0 Å². The first-order chi connectivity index (χ1) is 13.3. The monoisotopic (exact) mass is 400 g/mol.